The highest BCUT2D eigenvalue weighted by Crippen LogP contribution is 2.25. The van der Waals surface area contributed by atoms with Crippen LogP contribution in [0.3, 0.4) is 0 Å². The van der Waals surface area contributed by atoms with Gasteiger partial charge in [0.15, 0.2) is 11.5 Å². The van der Waals surface area contributed by atoms with Gasteiger partial charge in [-0.2, -0.15) is 0 Å². The topological polar surface area (TPSA) is 30.2 Å². The number of fused-ring (bicyclic) bond motifs is 1. The van der Waals surface area contributed by atoms with E-state index in [-0.39, 0.29) is 5.78 Å². The molecular weight excluding hydrogens is 212 g/mol. The molecule has 92 valence electrons. The molecule has 2 nitrogen and oxygen atoms in total. The molecule has 0 N–H and O–H groups in total. The first-order valence-electron chi connectivity index (χ1n) is 6.16. The van der Waals surface area contributed by atoms with Crippen molar-refractivity contribution in [1.29, 1.82) is 0 Å². The van der Waals surface area contributed by atoms with E-state index in [1.54, 1.807) is 0 Å². The summed E-state index contributed by atoms with van der Waals surface area (Å²) in [5, 5.41) is 1.03. The molecule has 1 heterocycles. The Morgan fingerprint density at radius 2 is 1.76 bits per heavy atom. The van der Waals surface area contributed by atoms with E-state index in [9.17, 15) is 4.79 Å². The molecule has 0 aliphatic rings. The molecule has 0 fully saturated rings. The predicted molar refractivity (Wildman–Crippen MR) is 71.5 cm³/mol. The summed E-state index contributed by atoms with van der Waals surface area (Å²) in [6, 6.07) is 7.71. The SMILES string of the molecule is CCC.CCC(=O)c1oc2ccccc2c1C. The maximum Gasteiger partial charge on any atom is 0.198 e. The Labute approximate surface area is 103 Å². The Bertz CT molecular complexity index is 495. The van der Waals surface area contributed by atoms with Gasteiger partial charge in [0.2, 0.25) is 0 Å². The molecule has 0 aliphatic carbocycles. The number of Topliss-reactive ketones (excluding diaryl/α,β-unsaturated/α-hetero) is 1. The summed E-state index contributed by atoms with van der Waals surface area (Å²) in [4.78, 5) is 11.5. The first-order chi connectivity index (χ1) is 8.15. The molecule has 0 aliphatic heterocycles. The average molecular weight is 232 g/mol. The van der Waals surface area contributed by atoms with Gasteiger partial charge in [0.05, 0.1) is 0 Å². The number of para-hydroxylation sites is 1. The van der Waals surface area contributed by atoms with E-state index in [1.807, 2.05) is 38.1 Å². The van der Waals surface area contributed by atoms with Gasteiger partial charge in [-0.15, -0.1) is 0 Å². The Morgan fingerprint density at radius 3 is 2.29 bits per heavy atom. The third-order valence-corrected chi connectivity index (χ3v) is 2.42. The van der Waals surface area contributed by atoms with Gasteiger partial charge in [-0.1, -0.05) is 45.4 Å². The van der Waals surface area contributed by atoms with Crippen LogP contribution in [0.1, 0.15) is 49.7 Å². The third kappa shape index (κ3) is 2.96. The van der Waals surface area contributed by atoms with Crippen LogP contribution in [0.25, 0.3) is 11.0 Å². The molecule has 0 unspecified atom stereocenters. The largest absolute Gasteiger partial charge is 0.453 e. The van der Waals surface area contributed by atoms with Gasteiger partial charge in [-0.05, 0) is 13.0 Å². The molecule has 2 aromatic rings. The van der Waals surface area contributed by atoms with E-state index < -0.39 is 0 Å². The summed E-state index contributed by atoms with van der Waals surface area (Å²) >= 11 is 0. The van der Waals surface area contributed by atoms with E-state index in [2.05, 4.69) is 13.8 Å². The van der Waals surface area contributed by atoms with E-state index in [0.29, 0.717) is 12.2 Å². The van der Waals surface area contributed by atoms with Crippen LogP contribution in [0, 0.1) is 6.92 Å². The molecule has 0 saturated heterocycles. The van der Waals surface area contributed by atoms with Crippen molar-refractivity contribution in [3.8, 4) is 0 Å². The van der Waals surface area contributed by atoms with Gasteiger partial charge in [0, 0.05) is 17.4 Å². The fraction of sp³-hybridized carbons (Fsp3) is 0.400. The summed E-state index contributed by atoms with van der Waals surface area (Å²) in [5.74, 6) is 0.576. The average Bonchev–Trinajstić information content (AvgIpc) is 2.68. The summed E-state index contributed by atoms with van der Waals surface area (Å²) < 4.78 is 5.50. The van der Waals surface area contributed by atoms with Crippen LogP contribution in [-0.4, -0.2) is 5.78 Å². The minimum Gasteiger partial charge on any atom is -0.453 e. The quantitative estimate of drug-likeness (QED) is 0.699. The predicted octanol–water partition coefficient (Wildman–Crippen LogP) is 4.75. The van der Waals surface area contributed by atoms with Crippen molar-refractivity contribution in [1.82, 2.24) is 0 Å². The molecule has 0 amide bonds. The van der Waals surface area contributed by atoms with Crippen molar-refractivity contribution in [3.63, 3.8) is 0 Å². The molecular formula is C15H20O2. The van der Waals surface area contributed by atoms with E-state index in [0.717, 1.165) is 16.5 Å². The highest BCUT2D eigenvalue weighted by atomic mass is 16.3. The van der Waals surface area contributed by atoms with Crippen LogP contribution in [0.4, 0.5) is 0 Å². The van der Waals surface area contributed by atoms with Gasteiger partial charge in [-0.3, -0.25) is 4.79 Å². The number of furan rings is 1. The van der Waals surface area contributed by atoms with Crippen LogP contribution in [-0.2, 0) is 0 Å². The van der Waals surface area contributed by atoms with Crippen molar-refractivity contribution < 1.29 is 9.21 Å². The highest BCUT2D eigenvalue weighted by molar-refractivity contribution is 5.99. The molecule has 2 rings (SSSR count). The number of hydrogen-bond donors (Lipinski definition) is 0. The minimum absolute atomic E-state index is 0.0682. The van der Waals surface area contributed by atoms with Crippen molar-refractivity contribution in [3.05, 3.63) is 35.6 Å². The van der Waals surface area contributed by atoms with Crippen LogP contribution < -0.4 is 0 Å². The first-order valence-corrected chi connectivity index (χ1v) is 6.16. The summed E-state index contributed by atoms with van der Waals surface area (Å²) in [6.07, 6.45) is 1.74. The van der Waals surface area contributed by atoms with Gasteiger partial charge in [0.25, 0.3) is 0 Å². The van der Waals surface area contributed by atoms with Crippen molar-refractivity contribution in [2.75, 3.05) is 0 Å². The fourth-order valence-corrected chi connectivity index (χ4v) is 1.60. The number of benzene rings is 1. The van der Waals surface area contributed by atoms with Gasteiger partial charge in [-0.25, -0.2) is 0 Å². The van der Waals surface area contributed by atoms with Crippen molar-refractivity contribution in [2.24, 2.45) is 0 Å². The molecule has 0 bridgehead atoms. The Hall–Kier alpha value is -1.57. The number of aryl methyl sites for hydroxylation is 1. The summed E-state index contributed by atoms with van der Waals surface area (Å²) in [6.45, 7) is 8.02. The zero-order valence-electron chi connectivity index (χ0n) is 11.0. The Balaban J connectivity index is 0.000000437. The number of carbonyl (C=O) groups is 1. The lowest BCUT2D eigenvalue weighted by Gasteiger charge is -1.92. The van der Waals surface area contributed by atoms with Crippen LogP contribution in [0.2, 0.25) is 0 Å². The Morgan fingerprint density at radius 1 is 1.18 bits per heavy atom. The van der Waals surface area contributed by atoms with Gasteiger partial charge < -0.3 is 4.42 Å². The number of rotatable bonds is 2. The Kier molecular flexibility index (Phi) is 4.95. The monoisotopic (exact) mass is 232 g/mol. The second-order valence-corrected chi connectivity index (χ2v) is 4.04. The fourth-order valence-electron chi connectivity index (χ4n) is 1.60. The lowest BCUT2D eigenvalue weighted by molar-refractivity contribution is 0.0963. The highest BCUT2D eigenvalue weighted by Gasteiger charge is 2.14. The minimum atomic E-state index is 0.0682. The van der Waals surface area contributed by atoms with Crippen molar-refractivity contribution in [2.45, 2.75) is 40.5 Å². The number of hydrogen-bond acceptors (Lipinski definition) is 2. The molecule has 1 aromatic carbocycles. The molecule has 0 saturated carbocycles. The molecule has 0 spiro atoms. The normalized spacial score (nSPS) is 9.88. The molecule has 0 atom stereocenters. The second kappa shape index (κ2) is 6.24. The lowest BCUT2D eigenvalue weighted by Crippen LogP contribution is -1.95. The van der Waals surface area contributed by atoms with Gasteiger partial charge in [0.1, 0.15) is 5.58 Å². The molecule has 1 aromatic heterocycles. The molecule has 17 heavy (non-hydrogen) atoms. The van der Waals surface area contributed by atoms with E-state index in [4.69, 9.17) is 4.42 Å². The maximum absolute atomic E-state index is 11.5. The summed E-state index contributed by atoms with van der Waals surface area (Å²) in [5.41, 5.74) is 1.74. The maximum atomic E-state index is 11.5. The zero-order chi connectivity index (χ0) is 12.8. The van der Waals surface area contributed by atoms with Crippen LogP contribution in [0.15, 0.2) is 28.7 Å². The number of ketones is 1. The summed E-state index contributed by atoms with van der Waals surface area (Å²) in [7, 11) is 0. The molecule has 0 radical (unpaired) electrons. The lowest BCUT2D eigenvalue weighted by atomic mass is 10.1. The van der Waals surface area contributed by atoms with Crippen LogP contribution >= 0.6 is 0 Å². The smallest absolute Gasteiger partial charge is 0.198 e. The molecule has 2 heteroatoms. The van der Waals surface area contributed by atoms with E-state index >= 15 is 0 Å². The number of carbonyl (C=O) groups excluding carboxylic acids is 1. The van der Waals surface area contributed by atoms with Crippen molar-refractivity contribution >= 4 is 16.8 Å². The second-order valence-electron chi connectivity index (χ2n) is 4.04. The van der Waals surface area contributed by atoms with Crippen LogP contribution in [0.5, 0.6) is 0 Å². The van der Waals surface area contributed by atoms with Gasteiger partial charge >= 0.3 is 0 Å². The standard InChI is InChI=1S/C12H12O2.C3H8/c1-3-10(13)12-8(2)9-6-4-5-7-11(9)14-12;1-3-2/h4-7H,3H2,1-2H3;3H2,1-2H3. The van der Waals surface area contributed by atoms with E-state index in [1.165, 1.54) is 6.42 Å². The zero-order valence-corrected chi connectivity index (χ0v) is 11.0. The first kappa shape index (κ1) is 13.5. The third-order valence-electron chi connectivity index (χ3n) is 2.42.